The molecule has 0 radical (unpaired) electrons. The molecule has 22 heavy (non-hydrogen) atoms. The fourth-order valence-electron chi connectivity index (χ4n) is 3.00. The molecule has 0 spiro atoms. The number of nitrogens with zero attached hydrogens (tertiary/aromatic N) is 3. The van der Waals surface area contributed by atoms with Crippen molar-refractivity contribution >= 4 is 11.8 Å². The van der Waals surface area contributed by atoms with Gasteiger partial charge in [-0.1, -0.05) is 19.3 Å². The molecule has 6 heteroatoms. The van der Waals surface area contributed by atoms with E-state index < -0.39 is 0 Å². The van der Waals surface area contributed by atoms with Gasteiger partial charge in [-0.25, -0.2) is 0 Å². The van der Waals surface area contributed by atoms with Gasteiger partial charge in [0.1, 0.15) is 11.6 Å². The molecule has 1 aliphatic carbocycles. The van der Waals surface area contributed by atoms with Gasteiger partial charge >= 0.3 is 0 Å². The van der Waals surface area contributed by atoms with Gasteiger partial charge in [0.15, 0.2) is 0 Å². The molecule has 0 aromatic heterocycles. The molecule has 0 unspecified atom stereocenters. The Morgan fingerprint density at radius 3 is 2.32 bits per heavy atom. The maximum Gasteiger partial charge on any atom is 0.263 e. The van der Waals surface area contributed by atoms with E-state index in [2.05, 4.69) is 5.32 Å². The van der Waals surface area contributed by atoms with Crippen molar-refractivity contribution < 1.29 is 9.59 Å². The highest BCUT2D eigenvalue weighted by molar-refractivity contribution is 5.97. The second-order valence-electron chi connectivity index (χ2n) is 6.01. The van der Waals surface area contributed by atoms with Crippen molar-refractivity contribution in [2.75, 3.05) is 26.2 Å². The van der Waals surface area contributed by atoms with E-state index in [0.717, 1.165) is 25.7 Å². The summed E-state index contributed by atoms with van der Waals surface area (Å²) in [4.78, 5) is 27.2. The van der Waals surface area contributed by atoms with E-state index in [1.54, 1.807) is 18.0 Å². The van der Waals surface area contributed by atoms with E-state index in [-0.39, 0.29) is 23.4 Å². The number of hydrogen-bond acceptors (Lipinski definition) is 4. The van der Waals surface area contributed by atoms with Gasteiger partial charge < -0.3 is 15.1 Å². The van der Waals surface area contributed by atoms with Gasteiger partial charge in [0.25, 0.3) is 5.91 Å². The monoisotopic (exact) mass is 304 g/mol. The summed E-state index contributed by atoms with van der Waals surface area (Å²) in [6, 6.07) is 2.20. The van der Waals surface area contributed by atoms with Crippen LogP contribution in [-0.2, 0) is 9.59 Å². The van der Waals surface area contributed by atoms with E-state index in [1.807, 2.05) is 11.0 Å². The highest BCUT2D eigenvalue weighted by Gasteiger charge is 2.21. The fraction of sp³-hybridized carbons (Fsp3) is 0.688. The number of carbonyl (C=O) groups excluding carboxylic acids is 2. The smallest absolute Gasteiger partial charge is 0.263 e. The van der Waals surface area contributed by atoms with Crippen LogP contribution in [0.3, 0.4) is 0 Å². The van der Waals surface area contributed by atoms with Gasteiger partial charge in [-0.15, -0.1) is 0 Å². The minimum absolute atomic E-state index is 0.0687. The van der Waals surface area contributed by atoms with Crippen LogP contribution in [0.5, 0.6) is 0 Å². The normalized spacial score (nSPS) is 20.5. The van der Waals surface area contributed by atoms with Crippen LogP contribution in [0.2, 0.25) is 0 Å². The van der Waals surface area contributed by atoms with Gasteiger partial charge in [-0.05, 0) is 12.8 Å². The molecule has 2 aliphatic rings. The standard InChI is InChI=1S/C16H24N4O2/c1-13(21)20-9-7-19(8-10-20)12-14(11-17)16(22)18-15-5-3-2-4-6-15/h12,15H,2-10H2,1H3,(H,18,22)/b14-12-. The van der Waals surface area contributed by atoms with Crippen LogP contribution in [0.1, 0.15) is 39.0 Å². The first-order valence-electron chi connectivity index (χ1n) is 8.02. The highest BCUT2D eigenvalue weighted by Crippen LogP contribution is 2.17. The van der Waals surface area contributed by atoms with Crippen molar-refractivity contribution in [3.05, 3.63) is 11.8 Å². The van der Waals surface area contributed by atoms with E-state index in [4.69, 9.17) is 0 Å². The molecule has 1 saturated heterocycles. The van der Waals surface area contributed by atoms with E-state index in [9.17, 15) is 14.9 Å². The predicted octanol–water partition coefficient (Wildman–Crippen LogP) is 1.01. The zero-order chi connectivity index (χ0) is 15.9. The molecule has 1 aliphatic heterocycles. The van der Waals surface area contributed by atoms with Crippen LogP contribution in [0.25, 0.3) is 0 Å². The zero-order valence-electron chi connectivity index (χ0n) is 13.2. The number of hydrogen-bond donors (Lipinski definition) is 1. The Morgan fingerprint density at radius 2 is 1.77 bits per heavy atom. The first-order chi connectivity index (χ1) is 10.6. The number of nitrogens with one attached hydrogen (secondary N) is 1. The molecule has 120 valence electrons. The maximum absolute atomic E-state index is 12.2. The van der Waals surface area contributed by atoms with Crippen LogP contribution in [-0.4, -0.2) is 53.8 Å². The molecule has 1 heterocycles. The van der Waals surface area contributed by atoms with E-state index in [0.29, 0.717) is 26.2 Å². The van der Waals surface area contributed by atoms with Crippen molar-refractivity contribution in [3.8, 4) is 6.07 Å². The highest BCUT2D eigenvalue weighted by atomic mass is 16.2. The van der Waals surface area contributed by atoms with Crippen molar-refractivity contribution in [1.82, 2.24) is 15.1 Å². The summed E-state index contributed by atoms with van der Waals surface area (Å²) in [5, 5.41) is 12.2. The Balaban J connectivity index is 1.89. The quantitative estimate of drug-likeness (QED) is 0.623. The summed E-state index contributed by atoms with van der Waals surface area (Å²) in [7, 11) is 0. The van der Waals surface area contributed by atoms with Crippen molar-refractivity contribution in [3.63, 3.8) is 0 Å². The first-order valence-corrected chi connectivity index (χ1v) is 8.02. The van der Waals surface area contributed by atoms with Gasteiger partial charge in [-0.3, -0.25) is 9.59 Å². The van der Waals surface area contributed by atoms with Crippen LogP contribution in [0.4, 0.5) is 0 Å². The van der Waals surface area contributed by atoms with E-state index >= 15 is 0 Å². The second kappa shape index (κ2) is 7.83. The summed E-state index contributed by atoms with van der Waals surface area (Å²) in [6.45, 7) is 4.14. The third kappa shape index (κ3) is 4.48. The summed E-state index contributed by atoms with van der Waals surface area (Å²) in [5.74, 6) is -0.206. The Bertz CT molecular complexity index is 481. The molecule has 0 aromatic rings. The molecule has 1 N–H and O–H groups in total. The Morgan fingerprint density at radius 1 is 1.14 bits per heavy atom. The molecule has 2 fully saturated rings. The van der Waals surface area contributed by atoms with Crippen molar-refractivity contribution in [1.29, 1.82) is 5.26 Å². The van der Waals surface area contributed by atoms with Gasteiger partial charge in [0.05, 0.1) is 0 Å². The molecule has 0 bridgehead atoms. The molecule has 0 aromatic carbocycles. The maximum atomic E-state index is 12.2. The van der Waals surface area contributed by atoms with Crippen molar-refractivity contribution in [2.24, 2.45) is 0 Å². The zero-order valence-corrected chi connectivity index (χ0v) is 13.2. The molecule has 1 saturated carbocycles. The Hall–Kier alpha value is -2.03. The number of rotatable bonds is 3. The summed E-state index contributed by atoms with van der Waals surface area (Å²) >= 11 is 0. The average Bonchev–Trinajstić information content (AvgIpc) is 2.53. The molecule has 2 rings (SSSR count). The van der Waals surface area contributed by atoms with Crippen LogP contribution in [0, 0.1) is 11.3 Å². The molecular formula is C16H24N4O2. The van der Waals surface area contributed by atoms with Crippen LogP contribution >= 0.6 is 0 Å². The Labute approximate surface area is 131 Å². The minimum atomic E-state index is -0.275. The van der Waals surface area contributed by atoms with Gasteiger partial charge in [-0.2, -0.15) is 5.26 Å². The third-order valence-electron chi connectivity index (χ3n) is 4.38. The largest absolute Gasteiger partial charge is 0.373 e. The van der Waals surface area contributed by atoms with Crippen LogP contribution < -0.4 is 5.32 Å². The lowest BCUT2D eigenvalue weighted by atomic mass is 9.95. The van der Waals surface area contributed by atoms with Crippen molar-refractivity contribution in [2.45, 2.75) is 45.1 Å². The van der Waals surface area contributed by atoms with E-state index in [1.165, 1.54) is 6.42 Å². The fourth-order valence-corrected chi connectivity index (χ4v) is 3.00. The number of amides is 2. The average molecular weight is 304 g/mol. The van der Waals surface area contributed by atoms with Gasteiger partial charge in [0.2, 0.25) is 5.91 Å². The molecule has 6 nitrogen and oxygen atoms in total. The topological polar surface area (TPSA) is 76.4 Å². The molecule has 0 atom stereocenters. The lowest BCUT2D eigenvalue weighted by molar-refractivity contribution is -0.130. The van der Waals surface area contributed by atoms with Crippen LogP contribution in [0.15, 0.2) is 11.8 Å². The molecular weight excluding hydrogens is 280 g/mol. The van der Waals surface area contributed by atoms with Gasteiger partial charge in [0, 0.05) is 45.3 Å². The second-order valence-corrected chi connectivity index (χ2v) is 6.01. The third-order valence-corrected chi connectivity index (χ3v) is 4.38. The number of carbonyl (C=O) groups is 2. The lowest BCUT2D eigenvalue weighted by Crippen LogP contribution is -2.46. The first kappa shape index (κ1) is 16.3. The SMILES string of the molecule is CC(=O)N1CCN(/C=C(/C#N)C(=O)NC2CCCCC2)CC1. The minimum Gasteiger partial charge on any atom is -0.373 e. The number of piperazine rings is 1. The number of nitriles is 1. The lowest BCUT2D eigenvalue weighted by Gasteiger charge is -2.33. The summed E-state index contributed by atoms with van der Waals surface area (Å²) < 4.78 is 0. The summed E-state index contributed by atoms with van der Waals surface area (Å²) in [6.07, 6.45) is 7.15. The molecule has 2 amide bonds. The summed E-state index contributed by atoms with van der Waals surface area (Å²) in [5.41, 5.74) is 0.154. The Kier molecular flexibility index (Phi) is 5.82. The predicted molar refractivity (Wildman–Crippen MR) is 82.5 cm³/mol.